The Labute approximate surface area is 159 Å². The van der Waals surface area contributed by atoms with Gasteiger partial charge in [-0.15, -0.1) is 0 Å². The number of ether oxygens (including phenoxy) is 2. The summed E-state index contributed by atoms with van der Waals surface area (Å²) in [5.41, 5.74) is 0.139. The number of aryl methyl sites for hydroxylation is 1. The minimum atomic E-state index is -0.708. The molecule has 1 aromatic rings. The number of carbonyl (C=O) groups is 2. The molecular formula is C22H27FO4. The van der Waals surface area contributed by atoms with Crippen molar-refractivity contribution in [3.05, 3.63) is 29.6 Å². The van der Waals surface area contributed by atoms with Crippen LogP contribution in [-0.2, 0) is 20.7 Å². The third-order valence-electron chi connectivity index (χ3n) is 6.43. The zero-order chi connectivity index (χ0) is 18.9. The zero-order valence-corrected chi connectivity index (χ0v) is 15.7. The molecule has 1 unspecified atom stereocenters. The Balaban J connectivity index is 1.46. The van der Waals surface area contributed by atoms with Crippen molar-refractivity contribution in [2.45, 2.75) is 82.3 Å². The molecule has 0 aromatic heterocycles. The number of benzene rings is 1. The molecule has 1 atom stereocenters. The van der Waals surface area contributed by atoms with Gasteiger partial charge in [-0.2, -0.15) is 0 Å². The Morgan fingerprint density at radius 3 is 2.52 bits per heavy atom. The lowest BCUT2D eigenvalue weighted by Crippen LogP contribution is -2.48. The molecular weight excluding hydrogens is 347 g/mol. The molecule has 1 heterocycles. The van der Waals surface area contributed by atoms with E-state index < -0.39 is 11.6 Å². The molecule has 4 rings (SSSR count). The van der Waals surface area contributed by atoms with Gasteiger partial charge in [0.15, 0.2) is 11.6 Å². The number of hydrogen-bond donors (Lipinski definition) is 0. The number of cyclic esters (lactones) is 1. The number of rotatable bonds is 6. The quantitative estimate of drug-likeness (QED) is 0.542. The molecule has 2 aliphatic carbocycles. The molecule has 3 fully saturated rings. The summed E-state index contributed by atoms with van der Waals surface area (Å²) < 4.78 is 25.9. The number of hydrogen-bond acceptors (Lipinski definition) is 4. The van der Waals surface area contributed by atoms with Gasteiger partial charge < -0.3 is 9.47 Å². The molecule has 0 N–H and O–H groups in total. The monoisotopic (exact) mass is 374 g/mol. The molecule has 1 aliphatic heterocycles. The maximum atomic E-state index is 14.4. The molecule has 0 bridgehead atoms. The van der Waals surface area contributed by atoms with Crippen molar-refractivity contribution in [2.24, 2.45) is 5.92 Å². The summed E-state index contributed by atoms with van der Waals surface area (Å²) in [4.78, 5) is 24.1. The van der Waals surface area contributed by atoms with Gasteiger partial charge in [-0.05, 0) is 68.6 Å². The fraction of sp³-hybridized carbons (Fsp3) is 0.636. The standard InChI is InChI=1S/C22H27FO4/c23-19-12-15(8-9-20(19)26-18-6-3-7-18)10-11-22(16-4-1-2-5-16)14-17(24)13-21(25)27-22/h8-9,12,16,18H,1-7,10-11,13-14H2. The van der Waals surface area contributed by atoms with Gasteiger partial charge in [-0.1, -0.05) is 18.9 Å². The van der Waals surface area contributed by atoms with Crippen LogP contribution in [0.4, 0.5) is 4.39 Å². The van der Waals surface area contributed by atoms with E-state index in [4.69, 9.17) is 9.47 Å². The van der Waals surface area contributed by atoms with E-state index in [1.54, 1.807) is 6.07 Å². The molecule has 4 nitrogen and oxygen atoms in total. The Morgan fingerprint density at radius 2 is 1.89 bits per heavy atom. The Kier molecular flexibility index (Phi) is 5.20. The van der Waals surface area contributed by atoms with Gasteiger partial charge >= 0.3 is 5.97 Å². The van der Waals surface area contributed by atoms with Gasteiger partial charge in [0.25, 0.3) is 0 Å². The summed E-state index contributed by atoms with van der Waals surface area (Å²) in [5.74, 6) is -0.238. The smallest absolute Gasteiger partial charge is 0.313 e. The van der Waals surface area contributed by atoms with Gasteiger partial charge in [-0.3, -0.25) is 9.59 Å². The lowest BCUT2D eigenvalue weighted by Gasteiger charge is -2.41. The van der Waals surface area contributed by atoms with Crippen LogP contribution in [0.3, 0.4) is 0 Å². The Bertz CT molecular complexity index is 703. The van der Waals surface area contributed by atoms with Gasteiger partial charge in [0.2, 0.25) is 0 Å². The van der Waals surface area contributed by atoms with Crippen molar-refractivity contribution >= 4 is 11.8 Å². The molecule has 146 valence electrons. The van der Waals surface area contributed by atoms with E-state index in [0.29, 0.717) is 25.0 Å². The maximum Gasteiger partial charge on any atom is 0.313 e. The van der Waals surface area contributed by atoms with Crippen molar-refractivity contribution < 1.29 is 23.5 Å². The second-order valence-electron chi connectivity index (χ2n) is 8.35. The van der Waals surface area contributed by atoms with Crippen LogP contribution in [0.1, 0.15) is 69.8 Å². The van der Waals surface area contributed by atoms with Crippen LogP contribution in [0.25, 0.3) is 0 Å². The van der Waals surface area contributed by atoms with Crippen LogP contribution < -0.4 is 4.74 Å². The van der Waals surface area contributed by atoms with Crippen molar-refractivity contribution in [3.8, 4) is 5.75 Å². The summed E-state index contributed by atoms with van der Waals surface area (Å²) in [6, 6.07) is 5.10. The van der Waals surface area contributed by atoms with Crippen LogP contribution >= 0.6 is 0 Å². The topological polar surface area (TPSA) is 52.6 Å². The summed E-state index contributed by atoms with van der Waals surface area (Å²) in [6.45, 7) is 0. The number of halogens is 1. The van der Waals surface area contributed by atoms with E-state index in [0.717, 1.165) is 50.5 Å². The molecule has 2 saturated carbocycles. The SMILES string of the molecule is O=C1CC(=O)OC(CCc2ccc(OC3CCC3)c(F)c2)(C2CCCC2)C1. The van der Waals surface area contributed by atoms with Crippen molar-refractivity contribution in [1.29, 1.82) is 0 Å². The average Bonchev–Trinajstić information content (AvgIpc) is 3.12. The van der Waals surface area contributed by atoms with Crippen LogP contribution in [0.2, 0.25) is 0 Å². The Hall–Kier alpha value is -1.91. The first-order valence-corrected chi connectivity index (χ1v) is 10.2. The van der Waals surface area contributed by atoms with Gasteiger partial charge in [0.05, 0.1) is 6.10 Å². The second kappa shape index (κ2) is 7.61. The fourth-order valence-electron chi connectivity index (χ4n) is 4.70. The predicted molar refractivity (Wildman–Crippen MR) is 98.0 cm³/mol. The van der Waals surface area contributed by atoms with E-state index in [1.807, 2.05) is 6.07 Å². The highest BCUT2D eigenvalue weighted by molar-refractivity contribution is 5.98. The average molecular weight is 374 g/mol. The number of carbonyl (C=O) groups excluding carboxylic acids is 2. The van der Waals surface area contributed by atoms with E-state index >= 15 is 0 Å². The third-order valence-corrected chi connectivity index (χ3v) is 6.43. The summed E-state index contributed by atoms with van der Waals surface area (Å²) >= 11 is 0. The predicted octanol–water partition coefficient (Wildman–Crippen LogP) is 4.52. The number of esters is 1. The highest BCUT2D eigenvalue weighted by Crippen LogP contribution is 2.44. The minimum absolute atomic E-state index is 0.0337. The molecule has 3 aliphatic rings. The van der Waals surface area contributed by atoms with E-state index in [2.05, 4.69) is 0 Å². The summed E-state index contributed by atoms with van der Waals surface area (Å²) in [6.07, 6.45) is 8.80. The van der Waals surface area contributed by atoms with Crippen LogP contribution in [0, 0.1) is 11.7 Å². The first kappa shape index (κ1) is 18.5. The number of ketones is 1. The molecule has 27 heavy (non-hydrogen) atoms. The third kappa shape index (κ3) is 4.02. The normalized spacial score (nSPS) is 26.7. The largest absolute Gasteiger partial charge is 0.487 e. The molecule has 0 radical (unpaired) electrons. The van der Waals surface area contributed by atoms with Crippen LogP contribution in [0.5, 0.6) is 5.75 Å². The molecule has 0 spiro atoms. The Morgan fingerprint density at radius 1 is 1.11 bits per heavy atom. The van der Waals surface area contributed by atoms with Crippen LogP contribution in [-0.4, -0.2) is 23.5 Å². The zero-order valence-electron chi connectivity index (χ0n) is 15.7. The van der Waals surface area contributed by atoms with Crippen molar-refractivity contribution in [1.82, 2.24) is 0 Å². The molecule has 0 amide bonds. The van der Waals surface area contributed by atoms with Gasteiger partial charge in [-0.25, -0.2) is 4.39 Å². The van der Waals surface area contributed by atoms with Gasteiger partial charge in [0, 0.05) is 6.42 Å². The molecule has 5 heteroatoms. The lowest BCUT2D eigenvalue weighted by atomic mass is 9.76. The maximum absolute atomic E-state index is 14.4. The molecule has 1 saturated heterocycles. The van der Waals surface area contributed by atoms with E-state index in [-0.39, 0.29) is 30.0 Å². The lowest BCUT2D eigenvalue weighted by molar-refractivity contribution is -0.178. The minimum Gasteiger partial charge on any atom is -0.487 e. The molecule has 1 aromatic carbocycles. The number of Topliss-reactive ketones (excluding diaryl/α,β-unsaturated/α-hetero) is 1. The van der Waals surface area contributed by atoms with E-state index in [1.165, 1.54) is 6.07 Å². The highest BCUT2D eigenvalue weighted by atomic mass is 19.1. The van der Waals surface area contributed by atoms with Crippen molar-refractivity contribution in [2.75, 3.05) is 0 Å². The summed E-state index contributed by atoms with van der Waals surface area (Å²) in [7, 11) is 0. The fourth-order valence-corrected chi connectivity index (χ4v) is 4.70. The van der Waals surface area contributed by atoms with Crippen molar-refractivity contribution in [3.63, 3.8) is 0 Å². The first-order chi connectivity index (χ1) is 13.0. The van der Waals surface area contributed by atoms with Crippen LogP contribution in [0.15, 0.2) is 18.2 Å². The van der Waals surface area contributed by atoms with E-state index in [9.17, 15) is 14.0 Å². The summed E-state index contributed by atoms with van der Waals surface area (Å²) in [5, 5.41) is 0. The first-order valence-electron chi connectivity index (χ1n) is 10.2. The van der Waals surface area contributed by atoms with Gasteiger partial charge in [0.1, 0.15) is 17.8 Å². The second-order valence-corrected chi connectivity index (χ2v) is 8.35. The highest BCUT2D eigenvalue weighted by Gasteiger charge is 2.47.